The number of nitrogens with zero attached hydrogens (tertiary/aromatic N) is 1. The Kier molecular flexibility index (Phi) is 7.56. The third kappa shape index (κ3) is 5.68. The van der Waals surface area contributed by atoms with Crippen LogP contribution < -0.4 is 4.74 Å². The van der Waals surface area contributed by atoms with Gasteiger partial charge in [0.1, 0.15) is 23.2 Å². The first-order valence-corrected chi connectivity index (χ1v) is 11.9. The summed E-state index contributed by atoms with van der Waals surface area (Å²) >= 11 is 3.54. The maximum absolute atomic E-state index is 13.6. The molecular weight excluding hydrogens is 488 g/mol. The number of benzene rings is 3. The Labute approximate surface area is 201 Å². The highest BCUT2D eigenvalue weighted by Crippen LogP contribution is 2.37. The van der Waals surface area contributed by atoms with Crippen molar-refractivity contribution in [2.45, 2.75) is 25.8 Å². The molecule has 1 aliphatic heterocycles. The van der Waals surface area contributed by atoms with Gasteiger partial charge in [-0.05, 0) is 60.5 Å². The van der Waals surface area contributed by atoms with Crippen LogP contribution in [0.3, 0.4) is 0 Å². The lowest BCUT2D eigenvalue weighted by atomic mass is 9.76. The van der Waals surface area contributed by atoms with Crippen LogP contribution in [0.5, 0.6) is 5.75 Å². The quantitative estimate of drug-likeness (QED) is 0.368. The molecule has 0 radical (unpaired) electrons. The minimum atomic E-state index is -0.327. The minimum absolute atomic E-state index is 0.171. The molecule has 0 N–H and O–H groups in total. The Morgan fingerprint density at radius 1 is 1.00 bits per heavy atom. The molecule has 1 heterocycles. The van der Waals surface area contributed by atoms with Crippen LogP contribution in [0, 0.1) is 17.6 Å². The molecule has 172 valence electrons. The zero-order chi connectivity index (χ0) is 23.4. The molecule has 0 aromatic heterocycles. The highest BCUT2D eigenvalue weighted by molar-refractivity contribution is 9.10. The second-order valence-corrected chi connectivity index (χ2v) is 9.24. The van der Waals surface area contributed by atoms with Crippen molar-refractivity contribution in [2.75, 3.05) is 19.7 Å². The van der Waals surface area contributed by atoms with Crippen molar-refractivity contribution in [2.24, 2.45) is 5.92 Å². The summed E-state index contributed by atoms with van der Waals surface area (Å²) in [4.78, 5) is 15.4. The van der Waals surface area contributed by atoms with Crippen molar-refractivity contribution >= 4 is 21.7 Å². The zero-order valence-corrected chi connectivity index (χ0v) is 20.0. The number of piperidine rings is 1. The number of carbonyl (C=O) groups excluding carboxylic acids is 1. The van der Waals surface area contributed by atoms with E-state index in [4.69, 9.17) is 4.74 Å². The van der Waals surface area contributed by atoms with Crippen molar-refractivity contribution < 1.29 is 18.3 Å². The SMILES string of the molecule is CCOc1ccc(Br)cc1CN1CCC(=O)C(C(c2ccc(F)cc2)c2ccc(F)cc2)C1. The van der Waals surface area contributed by atoms with Gasteiger partial charge in [-0.15, -0.1) is 0 Å². The molecule has 0 saturated carbocycles. The highest BCUT2D eigenvalue weighted by Gasteiger charge is 2.35. The largest absolute Gasteiger partial charge is 0.494 e. The van der Waals surface area contributed by atoms with Gasteiger partial charge in [-0.25, -0.2) is 8.78 Å². The number of halogens is 3. The Morgan fingerprint density at radius 3 is 2.18 bits per heavy atom. The Balaban J connectivity index is 1.64. The second-order valence-electron chi connectivity index (χ2n) is 8.32. The lowest BCUT2D eigenvalue weighted by Gasteiger charge is -2.36. The molecule has 3 aromatic rings. The summed E-state index contributed by atoms with van der Waals surface area (Å²) in [5.41, 5.74) is 2.75. The topological polar surface area (TPSA) is 29.5 Å². The molecule has 3 nitrogen and oxygen atoms in total. The van der Waals surface area contributed by atoms with E-state index in [1.54, 1.807) is 24.3 Å². The summed E-state index contributed by atoms with van der Waals surface area (Å²) in [5.74, 6) is -0.252. The van der Waals surface area contributed by atoms with Crippen LogP contribution in [0.2, 0.25) is 0 Å². The van der Waals surface area contributed by atoms with Crippen molar-refractivity contribution in [3.63, 3.8) is 0 Å². The average Bonchev–Trinajstić information content (AvgIpc) is 2.80. The predicted octanol–water partition coefficient (Wildman–Crippen LogP) is 6.35. The van der Waals surface area contributed by atoms with Crippen molar-refractivity contribution in [1.82, 2.24) is 4.90 Å². The molecule has 6 heteroatoms. The van der Waals surface area contributed by atoms with Gasteiger partial charge in [-0.1, -0.05) is 40.2 Å². The van der Waals surface area contributed by atoms with E-state index in [9.17, 15) is 13.6 Å². The van der Waals surface area contributed by atoms with Crippen molar-refractivity contribution in [1.29, 1.82) is 0 Å². The number of hydrogen-bond acceptors (Lipinski definition) is 3. The number of Topliss-reactive ketones (excluding diaryl/α,β-unsaturated/α-hetero) is 1. The van der Waals surface area contributed by atoms with Gasteiger partial charge < -0.3 is 4.74 Å². The van der Waals surface area contributed by atoms with Gasteiger partial charge in [-0.2, -0.15) is 0 Å². The molecule has 1 atom stereocenters. The molecule has 0 amide bonds. The van der Waals surface area contributed by atoms with Gasteiger partial charge in [0.25, 0.3) is 0 Å². The van der Waals surface area contributed by atoms with E-state index in [0.717, 1.165) is 26.9 Å². The van der Waals surface area contributed by atoms with E-state index in [-0.39, 0.29) is 29.3 Å². The summed E-state index contributed by atoms with van der Waals surface area (Å²) in [6.07, 6.45) is 0.432. The van der Waals surface area contributed by atoms with Gasteiger partial charge in [0.15, 0.2) is 0 Å². The number of carbonyl (C=O) groups is 1. The van der Waals surface area contributed by atoms with Gasteiger partial charge in [0.2, 0.25) is 0 Å². The van der Waals surface area contributed by atoms with Crippen molar-refractivity contribution in [3.8, 4) is 5.75 Å². The third-order valence-electron chi connectivity index (χ3n) is 6.12. The fraction of sp³-hybridized carbons (Fsp3) is 0.296. The number of ketones is 1. The number of hydrogen-bond donors (Lipinski definition) is 0. The number of ether oxygens (including phenoxy) is 1. The van der Waals surface area contributed by atoms with E-state index in [1.807, 2.05) is 25.1 Å². The van der Waals surface area contributed by atoms with Gasteiger partial charge in [0.05, 0.1) is 6.61 Å². The van der Waals surface area contributed by atoms with E-state index in [2.05, 4.69) is 20.8 Å². The number of likely N-dealkylation sites (tertiary alicyclic amines) is 1. The summed E-state index contributed by atoms with van der Waals surface area (Å²) in [7, 11) is 0. The Hall–Kier alpha value is -2.57. The maximum Gasteiger partial charge on any atom is 0.139 e. The van der Waals surface area contributed by atoms with Crippen LogP contribution in [-0.4, -0.2) is 30.4 Å². The fourth-order valence-electron chi connectivity index (χ4n) is 4.57. The smallest absolute Gasteiger partial charge is 0.139 e. The standard InChI is InChI=1S/C27H26BrF2NO2/c1-2-33-26-12-7-21(28)15-20(26)16-31-14-13-25(32)24(17-31)27(18-3-8-22(29)9-4-18)19-5-10-23(30)11-6-19/h3-12,15,24,27H,2,13-14,16-17H2,1H3. The van der Waals surface area contributed by atoms with Crippen LogP contribution in [0.25, 0.3) is 0 Å². The first-order valence-electron chi connectivity index (χ1n) is 11.1. The van der Waals surface area contributed by atoms with E-state index in [1.165, 1.54) is 24.3 Å². The highest BCUT2D eigenvalue weighted by atomic mass is 79.9. The van der Waals surface area contributed by atoms with E-state index in [0.29, 0.717) is 32.7 Å². The first-order chi connectivity index (χ1) is 15.9. The van der Waals surface area contributed by atoms with E-state index < -0.39 is 0 Å². The molecule has 0 bridgehead atoms. The van der Waals surface area contributed by atoms with Crippen LogP contribution >= 0.6 is 15.9 Å². The number of rotatable bonds is 7. The summed E-state index contributed by atoms with van der Waals surface area (Å²) in [5, 5.41) is 0. The molecule has 4 rings (SSSR count). The Morgan fingerprint density at radius 2 is 1.61 bits per heavy atom. The summed E-state index contributed by atoms with van der Waals surface area (Å²) < 4.78 is 34.0. The Bertz CT molecular complexity index is 1060. The monoisotopic (exact) mass is 513 g/mol. The average molecular weight is 514 g/mol. The third-order valence-corrected chi connectivity index (χ3v) is 6.61. The predicted molar refractivity (Wildman–Crippen MR) is 128 cm³/mol. The van der Waals surface area contributed by atoms with E-state index >= 15 is 0 Å². The molecule has 0 aliphatic carbocycles. The van der Waals surface area contributed by atoms with Crippen LogP contribution in [0.4, 0.5) is 8.78 Å². The molecule has 1 saturated heterocycles. The van der Waals surface area contributed by atoms with Crippen LogP contribution in [0.1, 0.15) is 36.0 Å². The van der Waals surface area contributed by atoms with Gasteiger partial charge in [-0.3, -0.25) is 9.69 Å². The van der Waals surface area contributed by atoms with Crippen LogP contribution in [-0.2, 0) is 11.3 Å². The maximum atomic E-state index is 13.6. The summed E-state index contributed by atoms with van der Waals surface area (Å²) in [6.45, 7) is 4.39. The lowest BCUT2D eigenvalue weighted by Crippen LogP contribution is -2.43. The minimum Gasteiger partial charge on any atom is -0.494 e. The molecular formula is C27H26BrF2NO2. The van der Waals surface area contributed by atoms with Crippen LogP contribution in [0.15, 0.2) is 71.2 Å². The molecule has 3 aromatic carbocycles. The molecule has 0 spiro atoms. The van der Waals surface area contributed by atoms with Crippen molar-refractivity contribution in [3.05, 3.63) is 99.5 Å². The van der Waals surface area contributed by atoms with Gasteiger partial charge in [0, 0.05) is 47.9 Å². The zero-order valence-electron chi connectivity index (χ0n) is 18.4. The molecule has 1 unspecified atom stereocenters. The lowest BCUT2D eigenvalue weighted by molar-refractivity contribution is -0.126. The summed E-state index contributed by atoms with van der Waals surface area (Å²) in [6, 6.07) is 18.5. The fourth-order valence-corrected chi connectivity index (χ4v) is 4.97. The first kappa shape index (κ1) is 23.6. The van der Waals surface area contributed by atoms with Gasteiger partial charge >= 0.3 is 0 Å². The second kappa shape index (κ2) is 10.6. The normalized spacial score (nSPS) is 16.9. The molecule has 1 aliphatic rings. The molecule has 33 heavy (non-hydrogen) atoms. The molecule has 1 fully saturated rings.